The number of hydrogen-bond donors (Lipinski definition) is 1. The molecule has 2 aromatic carbocycles. The fourth-order valence-electron chi connectivity index (χ4n) is 3.70. The van der Waals surface area contributed by atoms with E-state index in [2.05, 4.69) is 29.4 Å². The summed E-state index contributed by atoms with van der Waals surface area (Å²) in [5, 5.41) is 5.96. The van der Waals surface area contributed by atoms with Gasteiger partial charge in [-0.3, -0.25) is 9.20 Å². The molecule has 0 saturated carbocycles. The van der Waals surface area contributed by atoms with Crippen LogP contribution in [0.5, 0.6) is 0 Å². The van der Waals surface area contributed by atoms with Crippen LogP contribution in [-0.2, 0) is 11.2 Å². The van der Waals surface area contributed by atoms with Crippen LogP contribution in [0.25, 0.3) is 27.5 Å². The van der Waals surface area contributed by atoms with E-state index in [4.69, 9.17) is 4.98 Å². The first-order valence-electron chi connectivity index (χ1n) is 10.4. The monoisotopic (exact) mass is 438 g/mol. The minimum atomic E-state index is -0.120. The number of nitrogens with one attached hydrogen (secondary N) is 1. The van der Waals surface area contributed by atoms with Gasteiger partial charge in [-0.25, -0.2) is 9.97 Å². The number of carbonyl (C=O) groups is 1. The molecular weight excluding hydrogens is 416 g/mol. The molecule has 0 aliphatic carbocycles. The molecule has 0 saturated heterocycles. The Kier molecular flexibility index (Phi) is 5.29. The number of benzene rings is 2. The van der Waals surface area contributed by atoms with E-state index < -0.39 is 0 Å². The van der Waals surface area contributed by atoms with E-state index in [9.17, 15) is 4.79 Å². The lowest BCUT2D eigenvalue weighted by atomic mass is 10.1. The van der Waals surface area contributed by atoms with Gasteiger partial charge in [0.05, 0.1) is 12.1 Å². The molecule has 3 heterocycles. The first-order valence-corrected chi connectivity index (χ1v) is 11.3. The highest BCUT2D eigenvalue weighted by molar-refractivity contribution is 7.13. The van der Waals surface area contributed by atoms with Crippen LogP contribution in [-0.4, -0.2) is 20.3 Å². The van der Waals surface area contributed by atoms with Gasteiger partial charge in [0.25, 0.3) is 0 Å². The van der Waals surface area contributed by atoms with Crippen molar-refractivity contribution in [2.24, 2.45) is 0 Å². The third-order valence-corrected chi connectivity index (χ3v) is 6.19. The van der Waals surface area contributed by atoms with Crippen molar-refractivity contribution in [1.29, 1.82) is 0 Å². The highest BCUT2D eigenvalue weighted by atomic mass is 32.1. The highest BCUT2D eigenvalue weighted by Gasteiger charge is 2.17. The van der Waals surface area contributed by atoms with Crippen molar-refractivity contribution in [1.82, 2.24) is 14.4 Å². The number of hydrogen-bond acceptors (Lipinski definition) is 4. The van der Waals surface area contributed by atoms with Crippen molar-refractivity contribution in [3.8, 4) is 21.8 Å². The van der Waals surface area contributed by atoms with Gasteiger partial charge in [-0.1, -0.05) is 54.1 Å². The minimum absolute atomic E-state index is 0.120. The summed E-state index contributed by atoms with van der Waals surface area (Å²) in [6.07, 6.45) is 2.15. The molecule has 0 aliphatic rings. The Hall–Kier alpha value is -3.77. The fraction of sp³-hybridized carbons (Fsp3) is 0.115. The van der Waals surface area contributed by atoms with E-state index in [1.54, 1.807) is 11.3 Å². The van der Waals surface area contributed by atoms with Gasteiger partial charge in [-0.15, -0.1) is 11.3 Å². The number of carbonyl (C=O) groups excluding carboxylic acids is 1. The first-order chi connectivity index (χ1) is 15.6. The van der Waals surface area contributed by atoms with E-state index in [0.29, 0.717) is 5.82 Å². The average Bonchev–Trinajstić information content (AvgIpc) is 3.39. The van der Waals surface area contributed by atoms with E-state index in [1.807, 2.05) is 77.5 Å². The van der Waals surface area contributed by atoms with Gasteiger partial charge in [0.2, 0.25) is 5.91 Å². The summed E-state index contributed by atoms with van der Waals surface area (Å²) in [4.78, 5) is 22.5. The molecule has 1 N–H and O–H groups in total. The van der Waals surface area contributed by atoms with Crippen LogP contribution in [0, 0.1) is 13.8 Å². The van der Waals surface area contributed by atoms with E-state index in [1.165, 1.54) is 5.56 Å². The number of fused-ring (bicyclic) bond motifs is 1. The molecule has 5 aromatic rings. The third-order valence-electron chi connectivity index (χ3n) is 5.25. The molecule has 0 radical (unpaired) electrons. The van der Waals surface area contributed by atoms with Crippen LogP contribution in [0.2, 0.25) is 0 Å². The lowest BCUT2D eigenvalue weighted by molar-refractivity contribution is -0.115. The van der Waals surface area contributed by atoms with Crippen LogP contribution in [0.3, 0.4) is 0 Å². The number of aryl methyl sites for hydroxylation is 2. The molecule has 158 valence electrons. The highest BCUT2D eigenvalue weighted by Crippen LogP contribution is 2.29. The molecule has 0 aliphatic heterocycles. The Morgan fingerprint density at radius 2 is 1.72 bits per heavy atom. The van der Waals surface area contributed by atoms with Gasteiger partial charge in [0.15, 0.2) is 0 Å². The second-order valence-corrected chi connectivity index (χ2v) is 8.70. The molecule has 0 unspecified atom stereocenters. The van der Waals surface area contributed by atoms with Crippen LogP contribution < -0.4 is 5.32 Å². The normalized spacial score (nSPS) is 11.1. The standard InChI is InChI=1S/C26H22N4OS/c1-17-7-6-10-20(13-17)26-27-21(16-32-26)15-23(31)29-25-24(19-8-4-3-5-9-19)28-22-14-18(2)11-12-30(22)25/h3-14,16H,15H2,1-2H3,(H,29,31). The van der Waals surface area contributed by atoms with E-state index in [0.717, 1.165) is 38.7 Å². The van der Waals surface area contributed by atoms with Crippen molar-refractivity contribution >= 4 is 28.7 Å². The Morgan fingerprint density at radius 3 is 2.53 bits per heavy atom. The number of anilines is 1. The number of rotatable bonds is 5. The summed E-state index contributed by atoms with van der Waals surface area (Å²) in [5.74, 6) is 0.552. The molecule has 3 aromatic heterocycles. The van der Waals surface area contributed by atoms with Crippen LogP contribution in [0.1, 0.15) is 16.8 Å². The van der Waals surface area contributed by atoms with Crippen LogP contribution in [0.4, 0.5) is 5.82 Å². The van der Waals surface area contributed by atoms with Gasteiger partial charge in [-0.2, -0.15) is 0 Å². The predicted molar refractivity (Wildman–Crippen MR) is 130 cm³/mol. The SMILES string of the molecule is Cc1cccc(-c2nc(CC(=O)Nc3c(-c4ccccc4)nc4cc(C)ccn34)cs2)c1. The lowest BCUT2D eigenvalue weighted by Gasteiger charge is -2.07. The molecule has 0 spiro atoms. The van der Waals surface area contributed by atoms with Gasteiger partial charge < -0.3 is 5.32 Å². The van der Waals surface area contributed by atoms with E-state index in [-0.39, 0.29) is 12.3 Å². The van der Waals surface area contributed by atoms with Crippen molar-refractivity contribution in [2.75, 3.05) is 5.32 Å². The molecule has 0 fully saturated rings. The van der Waals surface area contributed by atoms with Crippen LogP contribution in [0.15, 0.2) is 78.3 Å². The van der Waals surface area contributed by atoms with E-state index >= 15 is 0 Å². The maximum absolute atomic E-state index is 13.0. The predicted octanol–water partition coefficient (Wildman–Crippen LogP) is 5.92. The zero-order valence-corrected chi connectivity index (χ0v) is 18.7. The molecule has 0 bridgehead atoms. The van der Waals surface area contributed by atoms with Crippen molar-refractivity contribution in [3.05, 3.63) is 95.1 Å². The zero-order chi connectivity index (χ0) is 22.1. The van der Waals surface area contributed by atoms with Crippen molar-refractivity contribution in [3.63, 3.8) is 0 Å². The summed E-state index contributed by atoms with van der Waals surface area (Å²) in [7, 11) is 0. The Labute approximate surface area is 190 Å². The summed E-state index contributed by atoms with van der Waals surface area (Å²) >= 11 is 1.56. The lowest BCUT2D eigenvalue weighted by Crippen LogP contribution is -2.16. The average molecular weight is 439 g/mol. The number of amides is 1. The zero-order valence-electron chi connectivity index (χ0n) is 17.9. The topological polar surface area (TPSA) is 59.3 Å². The Morgan fingerprint density at radius 1 is 0.938 bits per heavy atom. The minimum Gasteiger partial charge on any atom is -0.310 e. The van der Waals surface area contributed by atoms with Gasteiger partial charge in [-0.05, 0) is 37.6 Å². The molecule has 6 heteroatoms. The number of imidazole rings is 1. The molecule has 0 atom stereocenters. The fourth-order valence-corrected chi connectivity index (χ4v) is 4.52. The van der Waals surface area contributed by atoms with Crippen molar-refractivity contribution < 1.29 is 4.79 Å². The second-order valence-electron chi connectivity index (χ2n) is 7.85. The summed E-state index contributed by atoms with van der Waals surface area (Å²) < 4.78 is 1.92. The summed E-state index contributed by atoms with van der Waals surface area (Å²) in [6, 6.07) is 22.2. The first kappa shape index (κ1) is 20.2. The number of aromatic nitrogens is 3. The Bertz CT molecular complexity index is 1420. The Balaban J connectivity index is 1.43. The third kappa shape index (κ3) is 4.05. The van der Waals surface area contributed by atoms with Crippen molar-refractivity contribution in [2.45, 2.75) is 20.3 Å². The second kappa shape index (κ2) is 8.40. The molecule has 1 amide bonds. The smallest absolute Gasteiger partial charge is 0.231 e. The van der Waals surface area contributed by atoms with Gasteiger partial charge in [0.1, 0.15) is 22.2 Å². The maximum Gasteiger partial charge on any atom is 0.231 e. The van der Waals surface area contributed by atoms with Gasteiger partial charge in [0, 0.05) is 22.7 Å². The molecule has 5 nitrogen and oxygen atoms in total. The van der Waals surface area contributed by atoms with Crippen LogP contribution >= 0.6 is 11.3 Å². The molecular formula is C26H22N4OS. The van der Waals surface area contributed by atoms with Gasteiger partial charge >= 0.3 is 0 Å². The number of nitrogens with zero attached hydrogens (tertiary/aromatic N) is 3. The summed E-state index contributed by atoms with van der Waals surface area (Å²) in [6.45, 7) is 4.09. The number of pyridine rings is 1. The summed E-state index contributed by atoms with van der Waals surface area (Å²) in [5.41, 5.74) is 6.65. The molecule has 32 heavy (non-hydrogen) atoms. The largest absolute Gasteiger partial charge is 0.310 e. The number of thiazole rings is 1. The maximum atomic E-state index is 13.0. The quantitative estimate of drug-likeness (QED) is 0.370. The molecule has 5 rings (SSSR count).